The summed E-state index contributed by atoms with van der Waals surface area (Å²) in [6, 6.07) is 0.134. The highest BCUT2D eigenvalue weighted by molar-refractivity contribution is 5.01. The Morgan fingerprint density at radius 3 is 2.50 bits per heavy atom. The number of aliphatic hydroxyl groups is 1. The van der Waals surface area contributed by atoms with Crippen LogP contribution >= 0.6 is 0 Å². The topological polar surface area (TPSA) is 58.0 Å². The van der Waals surface area contributed by atoms with Crippen LogP contribution < -0.4 is 5.32 Å². The summed E-state index contributed by atoms with van der Waals surface area (Å²) < 4.78 is 0. The van der Waals surface area contributed by atoms with Crippen LogP contribution in [0.2, 0.25) is 0 Å². The van der Waals surface area contributed by atoms with E-state index >= 15 is 0 Å². The number of rotatable bonds is 5. The zero-order chi connectivity index (χ0) is 10.4. The fourth-order valence-electron chi connectivity index (χ4n) is 1.18. The number of nitrogens with zero attached hydrogens (tertiary/aromatic N) is 2. The van der Waals surface area contributed by atoms with Crippen LogP contribution in [0.25, 0.3) is 0 Å². The lowest BCUT2D eigenvalue weighted by Crippen LogP contribution is -2.36. The fraction of sp³-hybridized carbons (Fsp3) is 0.600. The van der Waals surface area contributed by atoms with Crippen LogP contribution in [0.5, 0.6) is 0 Å². The van der Waals surface area contributed by atoms with Crippen molar-refractivity contribution in [3.05, 3.63) is 24.3 Å². The summed E-state index contributed by atoms with van der Waals surface area (Å²) in [6.45, 7) is 5.01. The van der Waals surface area contributed by atoms with Crippen LogP contribution in [0.3, 0.4) is 0 Å². The van der Waals surface area contributed by atoms with Gasteiger partial charge in [-0.15, -0.1) is 0 Å². The second kappa shape index (κ2) is 5.67. The van der Waals surface area contributed by atoms with Gasteiger partial charge in [-0.2, -0.15) is 0 Å². The standard InChI is InChI=1S/C10H17N3O/c1-8(2)10(6-14)13-5-9-3-11-7-12-4-9/h3-4,7-8,10,13-14H,5-6H2,1-2H3/t10-/m1/s1. The van der Waals surface area contributed by atoms with Gasteiger partial charge in [-0.05, 0) is 5.92 Å². The minimum atomic E-state index is 0.134. The van der Waals surface area contributed by atoms with E-state index in [1.807, 2.05) is 0 Å². The van der Waals surface area contributed by atoms with Crippen LogP contribution in [0.4, 0.5) is 0 Å². The smallest absolute Gasteiger partial charge is 0.115 e. The first-order valence-electron chi connectivity index (χ1n) is 4.82. The molecule has 1 aromatic rings. The lowest BCUT2D eigenvalue weighted by molar-refractivity contribution is 0.210. The first kappa shape index (κ1) is 11.1. The number of hydrogen-bond acceptors (Lipinski definition) is 4. The molecule has 4 nitrogen and oxygen atoms in total. The van der Waals surface area contributed by atoms with E-state index in [1.165, 1.54) is 6.33 Å². The molecule has 0 saturated carbocycles. The van der Waals surface area contributed by atoms with Crippen molar-refractivity contribution < 1.29 is 5.11 Å². The summed E-state index contributed by atoms with van der Waals surface area (Å²) in [5, 5.41) is 12.3. The summed E-state index contributed by atoms with van der Waals surface area (Å²) in [5.74, 6) is 0.421. The van der Waals surface area contributed by atoms with Gasteiger partial charge in [0.1, 0.15) is 6.33 Å². The first-order valence-corrected chi connectivity index (χ1v) is 4.82. The molecular weight excluding hydrogens is 178 g/mol. The zero-order valence-corrected chi connectivity index (χ0v) is 8.64. The van der Waals surface area contributed by atoms with Gasteiger partial charge in [-0.25, -0.2) is 9.97 Å². The molecule has 0 unspecified atom stereocenters. The van der Waals surface area contributed by atoms with E-state index in [-0.39, 0.29) is 12.6 Å². The molecular formula is C10H17N3O. The van der Waals surface area contributed by atoms with Gasteiger partial charge in [0.15, 0.2) is 0 Å². The Balaban J connectivity index is 2.40. The zero-order valence-electron chi connectivity index (χ0n) is 8.64. The van der Waals surface area contributed by atoms with Crippen molar-refractivity contribution in [1.29, 1.82) is 0 Å². The van der Waals surface area contributed by atoms with Crippen molar-refractivity contribution in [3.63, 3.8) is 0 Å². The van der Waals surface area contributed by atoms with Gasteiger partial charge in [0.25, 0.3) is 0 Å². The van der Waals surface area contributed by atoms with Crippen LogP contribution in [0.1, 0.15) is 19.4 Å². The van der Waals surface area contributed by atoms with E-state index in [0.717, 1.165) is 5.56 Å². The van der Waals surface area contributed by atoms with Gasteiger partial charge >= 0.3 is 0 Å². The Hall–Kier alpha value is -1.00. The van der Waals surface area contributed by atoms with Crippen molar-refractivity contribution in [3.8, 4) is 0 Å². The molecule has 0 saturated heterocycles. The van der Waals surface area contributed by atoms with Crippen molar-refractivity contribution in [2.24, 2.45) is 5.92 Å². The molecule has 0 aromatic carbocycles. The lowest BCUT2D eigenvalue weighted by Gasteiger charge is -2.19. The van der Waals surface area contributed by atoms with Crippen molar-refractivity contribution >= 4 is 0 Å². The molecule has 0 aliphatic carbocycles. The van der Waals surface area contributed by atoms with Crippen molar-refractivity contribution in [2.45, 2.75) is 26.4 Å². The Kier molecular flexibility index (Phi) is 4.49. The number of aromatic nitrogens is 2. The number of hydrogen-bond donors (Lipinski definition) is 2. The Bertz CT molecular complexity index is 251. The maximum atomic E-state index is 9.08. The molecule has 1 rings (SSSR count). The quantitative estimate of drug-likeness (QED) is 0.721. The molecule has 0 fully saturated rings. The maximum Gasteiger partial charge on any atom is 0.115 e. The Labute approximate surface area is 84.4 Å². The summed E-state index contributed by atoms with van der Waals surface area (Å²) in [6.07, 6.45) is 5.05. The fourth-order valence-corrected chi connectivity index (χ4v) is 1.18. The molecule has 0 aliphatic heterocycles. The van der Waals surface area contributed by atoms with Gasteiger partial charge in [-0.1, -0.05) is 13.8 Å². The van der Waals surface area contributed by atoms with Gasteiger partial charge in [0.05, 0.1) is 6.61 Å². The summed E-state index contributed by atoms with van der Waals surface area (Å²) in [7, 11) is 0. The minimum Gasteiger partial charge on any atom is -0.395 e. The summed E-state index contributed by atoms with van der Waals surface area (Å²) >= 11 is 0. The van der Waals surface area contributed by atoms with Crippen LogP contribution in [0, 0.1) is 5.92 Å². The number of aliphatic hydroxyl groups excluding tert-OH is 1. The van der Waals surface area contributed by atoms with Gasteiger partial charge in [0, 0.05) is 30.5 Å². The monoisotopic (exact) mass is 195 g/mol. The van der Waals surface area contributed by atoms with Crippen LogP contribution in [-0.2, 0) is 6.54 Å². The Morgan fingerprint density at radius 2 is 2.00 bits per heavy atom. The van der Waals surface area contributed by atoms with Crippen molar-refractivity contribution in [1.82, 2.24) is 15.3 Å². The van der Waals surface area contributed by atoms with E-state index in [9.17, 15) is 0 Å². The van der Waals surface area contributed by atoms with E-state index < -0.39 is 0 Å². The Morgan fingerprint density at radius 1 is 1.36 bits per heavy atom. The lowest BCUT2D eigenvalue weighted by atomic mass is 10.1. The molecule has 1 aromatic heterocycles. The molecule has 0 bridgehead atoms. The van der Waals surface area contributed by atoms with E-state index in [0.29, 0.717) is 12.5 Å². The second-order valence-electron chi connectivity index (χ2n) is 3.66. The highest BCUT2D eigenvalue weighted by atomic mass is 16.3. The van der Waals surface area contributed by atoms with Gasteiger partial charge < -0.3 is 10.4 Å². The third-order valence-corrected chi connectivity index (χ3v) is 2.18. The molecule has 2 N–H and O–H groups in total. The molecule has 1 atom stereocenters. The van der Waals surface area contributed by atoms with E-state index in [1.54, 1.807) is 12.4 Å². The van der Waals surface area contributed by atoms with Gasteiger partial charge in [-0.3, -0.25) is 0 Å². The average Bonchev–Trinajstić information content (AvgIpc) is 2.20. The van der Waals surface area contributed by atoms with Crippen LogP contribution in [-0.4, -0.2) is 27.7 Å². The third-order valence-electron chi connectivity index (χ3n) is 2.18. The molecule has 4 heteroatoms. The molecule has 0 aliphatic rings. The predicted octanol–water partition coefficient (Wildman–Crippen LogP) is 0.583. The van der Waals surface area contributed by atoms with Crippen molar-refractivity contribution in [2.75, 3.05) is 6.61 Å². The largest absolute Gasteiger partial charge is 0.395 e. The SMILES string of the molecule is CC(C)[C@@H](CO)NCc1cncnc1. The molecule has 78 valence electrons. The van der Waals surface area contributed by atoms with E-state index in [4.69, 9.17) is 5.11 Å². The normalized spacial score (nSPS) is 13.1. The number of nitrogens with one attached hydrogen (secondary N) is 1. The second-order valence-corrected chi connectivity index (χ2v) is 3.66. The average molecular weight is 195 g/mol. The maximum absolute atomic E-state index is 9.08. The summed E-state index contributed by atoms with van der Waals surface area (Å²) in [5.41, 5.74) is 1.03. The highest BCUT2D eigenvalue weighted by Crippen LogP contribution is 2.02. The van der Waals surface area contributed by atoms with Crippen LogP contribution in [0.15, 0.2) is 18.7 Å². The first-order chi connectivity index (χ1) is 6.74. The summed E-state index contributed by atoms with van der Waals surface area (Å²) in [4.78, 5) is 7.84. The highest BCUT2D eigenvalue weighted by Gasteiger charge is 2.10. The van der Waals surface area contributed by atoms with E-state index in [2.05, 4.69) is 29.1 Å². The molecule has 0 radical (unpaired) electrons. The molecule has 1 heterocycles. The molecule has 0 amide bonds. The van der Waals surface area contributed by atoms with Gasteiger partial charge in [0.2, 0.25) is 0 Å². The minimum absolute atomic E-state index is 0.134. The third kappa shape index (κ3) is 3.40. The predicted molar refractivity (Wildman–Crippen MR) is 54.6 cm³/mol. The molecule has 14 heavy (non-hydrogen) atoms. The molecule has 0 spiro atoms.